The monoisotopic (exact) mass is 537 g/mol. The summed E-state index contributed by atoms with van der Waals surface area (Å²) in [5.74, 6) is -0.154. The Kier molecular flexibility index (Phi) is 8.19. The summed E-state index contributed by atoms with van der Waals surface area (Å²) < 4.78 is 83.4. The van der Waals surface area contributed by atoms with E-state index in [0.29, 0.717) is 12.7 Å². The summed E-state index contributed by atoms with van der Waals surface area (Å²) in [5, 5.41) is 7.65. The molecule has 1 aliphatic rings. The number of carbonyl (C=O) groups excluding carboxylic acids is 1. The van der Waals surface area contributed by atoms with Crippen molar-refractivity contribution in [3.8, 4) is 0 Å². The molecule has 2 aromatic rings. The van der Waals surface area contributed by atoms with Gasteiger partial charge >= 0.3 is 12.4 Å². The molecular formula is C21H25F6N7O3. The standard InChI is InChI=1S/C21H25F6N7O3/c1-11(31-15-9-30-32-19(36)17(15)21(25,26)27)10-37-6-3-16(35)33-4-5-34(12(33)2)18-14(28)7-13(8-29-18)20(22,23)24/h7-9,11-12H,3-6,10,28H2,1-2H3,(H2,31,32,36)/t11-,12?/m0/s1. The number of H-pyrrole nitrogens is 1. The van der Waals surface area contributed by atoms with Crippen molar-refractivity contribution in [3.05, 3.63) is 39.9 Å². The molecule has 204 valence electrons. The molecule has 3 heterocycles. The fourth-order valence-electron chi connectivity index (χ4n) is 3.90. The van der Waals surface area contributed by atoms with Crippen LogP contribution in [-0.4, -0.2) is 64.5 Å². The van der Waals surface area contributed by atoms with Crippen LogP contribution in [-0.2, 0) is 21.9 Å². The molecule has 16 heteroatoms. The summed E-state index contributed by atoms with van der Waals surface area (Å²) >= 11 is 0. The first-order chi connectivity index (χ1) is 17.2. The molecule has 4 N–H and O–H groups in total. The number of nitrogens with two attached hydrogens (primary N) is 1. The SMILES string of the molecule is CC1N(C(=O)CCOC[C@H](C)Nc2cn[nH]c(=O)c2C(F)(F)F)CCN1c1ncc(C(F)(F)F)cc1N. The number of ether oxygens (including phenoxy) is 1. The number of nitrogen functional groups attached to an aromatic ring is 1. The van der Waals surface area contributed by atoms with Crippen molar-refractivity contribution in [1.82, 2.24) is 20.1 Å². The van der Waals surface area contributed by atoms with E-state index < -0.39 is 46.9 Å². The molecule has 1 aliphatic heterocycles. The van der Waals surface area contributed by atoms with Crippen LogP contribution < -0.4 is 21.5 Å². The van der Waals surface area contributed by atoms with Crippen molar-refractivity contribution < 1.29 is 35.9 Å². The smallest absolute Gasteiger partial charge is 0.396 e. The second kappa shape index (κ2) is 10.8. The molecule has 1 fully saturated rings. The van der Waals surface area contributed by atoms with Gasteiger partial charge in [0.1, 0.15) is 11.7 Å². The molecular weight excluding hydrogens is 512 g/mol. The van der Waals surface area contributed by atoms with Gasteiger partial charge in [-0.2, -0.15) is 31.4 Å². The molecule has 10 nitrogen and oxygen atoms in total. The lowest BCUT2D eigenvalue weighted by molar-refractivity contribution is -0.138. The number of anilines is 3. The maximum Gasteiger partial charge on any atom is 0.423 e. The molecule has 37 heavy (non-hydrogen) atoms. The zero-order valence-electron chi connectivity index (χ0n) is 19.8. The van der Waals surface area contributed by atoms with Crippen LogP contribution in [0.25, 0.3) is 0 Å². The molecule has 1 amide bonds. The van der Waals surface area contributed by atoms with E-state index in [9.17, 15) is 35.9 Å². The van der Waals surface area contributed by atoms with Gasteiger partial charge in [-0.15, -0.1) is 0 Å². The average molecular weight is 537 g/mol. The van der Waals surface area contributed by atoms with Gasteiger partial charge in [0, 0.05) is 25.3 Å². The lowest BCUT2D eigenvalue weighted by Crippen LogP contribution is -2.40. The largest absolute Gasteiger partial charge is 0.423 e. The van der Waals surface area contributed by atoms with Gasteiger partial charge in [0.25, 0.3) is 5.56 Å². The Hall–Kier alpha value is -3.56. The summed E-state index contributed by atoms with van der Waals surface area (Å²) in [7, 11) is 0. The highest BCUT2D eigenvalue weighted by Gasteiger charge is 2.38. The number of halogens is 6. The minimum atomic E-state index is -4.88. The Bertz CT molecular complexity index is 1170. The predicted molar refractivity (Wildman–Crippen MR) is 121 cm³/mol. The highest BCUT2D eigenvalue weighted by atomic mass is 19.4. The summed E-state index contributed by atoms with van der Waals surface area (Å²) in [5.41, 5.74) is 1.38. The zero-order chi connectivity index (χ0) is 27.5. The third-order valence-electron chi connectivity index (χ3n) is 5.67. The molecule has 1 unspecified atom stereocenters. The number of aromatic amines is 1. The van der Waals surface area contributed by atoms with Gasteiger partial charge in [-0.1, -0.05) is 0 Å². The van der Waals surface area contributed by atoms with Crippen LogP contribution in [0.3, 0.4) is 0 Å². The number of nitrogens with zero attached hydrogens (tertiary/aromatic N) is 4. The molecule has 2 aromatic heterocycles. The first-order valence-electron chi connectivity index (χ1n) is 11.1. The summed E-state index contributed by atoms with van der Waals surface area (Å²) in [4.78, 5) is 31.2. The van der Waals surface area contributed by atoms with Gasteiger partial charge in [-0.05, 0) is 19.9 Å². The molecule has 0 spiro atoms. The third-order valence-corrected chi connectivity index (χ3v) is 5.67. The number of hydrogen-bond donors (Lipinski definition) is 3. The average Bonchev–Trinajstić information content (AvgIpc) is 3.16. The maximum atomic E-state index is 13.1. The van der Waals surface area contributed by atoms with E-state index in [2.05, 4.69) is 15.4 Å². The van der Waals surface area contributed by atoms with Crippen LogP contribution in [0.4, 0.5) is 43.5 Å². The Morgan fingerprint density at radius 3 is 2.57 bits per heavy atom. The van der Waals surface area contributed by atoms with E-state index in [0.717, 1.165) is 12.3 Å². The Labute approximate surface area is 206 Å². The van der Waals surface area contributed by atoms with Gasteiger partial charge in [-0.3, -0.25) is 9.59 Å². The number of rotatable bonds is 8. The number of aromatic nitrogens is 3. The fourth-order valence-corrected chi connectivity index (χ4v) is 3.90. The van der Waals surface area contributed by atoms with Gasteiger partial charge in [0.15, 0.2) is 5.82 Å². The normalized spacial score (nSPS) is 17.2. The van der Waals surface area contributed by atoms with Gasteiger partial charge < -0.3 is 25.6 Å². The van der Waals surface area contributed by atoms with Crippen molar-refractivity contribution in [1.29, 1.82) is 0 Å². The third kappa shape index (κ3) is 6.61. The predicted octanol–water partition coefficient (Wildman–Crippen LogP) is 2.69. The van der Waals surface area contributed by atoms with Crippen molar-refractivity contribution >= 4 is 23.1 Å². The fraction of sp³-hybridized carbons (Fsp3) is 0.524. The molecule has 2 atom stereocenters. The Morgan fingerprint density at radius 1 is 1.24 bits per heavy atom. The van der Waals surface area contributed by atoms with E-state index in [4.69, 9.17) is 10.5 Å². The minimum absolute atomic E-state index is 0.0332. The van der Waals surface area contributed by atoms with E-state index in [1.807, 2.05) is 0 Å². The molecule has 0 bridgehead atoms. The number of alkyl halides is 6. The van der Waals surface area contributed by atoms with Crippen LogP contribution in [0, 0.1) is 0 Å². The van der Waals surface area contributed by atoms with E-state index in [-0.39, 0.29) is 43.6 Å². The topological polar surface area (TPSA) is 129 Å². The van der Waals surface area contributed by atoms with Crippen LogP contribution in [0.1, 0.15) is 31.4 Å². The quantitative estimate of drug-likeness (QED) is 0.346. The van der Waals surface area contributed by atoms with Crippen molar-refractivity contribution in [3.63, 3.8) is 0 Å². The highest BCUT2D eigenvalue weighted by Crippen LogP contribution is 2.34. The van der Waals surface area contributed by atoms with Gasteiger partial charge in [-0.25, -0.2) is 10.1 Å². The molecule has 0 aliphatic carbocycles. The van der Waals surface area contributed by atoms with E-state index in [1.54, 1.807) is 16.9 Å². The Morgan fingerprint density at radius 2 is 1.95 bits per heavy atom. The highest BCUT2D eigenvalue weighted by molar-refractivity contribution is 5.78. The van der Waals surface area contributed by atoms with Crippen molar-refractivity contribution in [2.45, 2.75) is 44.8 Å². The molecule has 3 rings (SSSR count). The van der Waals surface area contributed by atoms with Gasteiger partial charge in [0.05, 0.1) is 42.8 Å². The number of pyridine rings is 1. The summed E-state index contributed by atoms with van der Waals surface area (Å²) in [6, 6.07) is 0.150. The Balaban J connectivity index is 1.50. The van der Waals surface area contributed by atoms with Crippen LogP contribution in [0.5, 0.6) is 0 Å². The first kappa shape index (κ1) is 28.0. The number of hydrogen-bond acceptors (Lipinski definition) is 8. The van der Waals surface area contributed by atoms with Crippen molar-refractivity contribution in [2.75, 3.05) is 42.3 Å². The number of nitrogens with one attached hydrogen (secondary N) is 2. The lowest BCUT2D eigenvalue weighted by Gasteiger charge is -2.28. The maximum absolute atomic E-state index is 13.1. The minimum Gasteiger partial charge on any atom is -0.396 e. The molecule has 1 saturated heterocycles. The number of amides is 1. The molecule has 0 saturated carbocycles. The summed E-state index contributed by atoms with van der Waals surface area (Å²) in [6.07, 6.45) is -8.49. The zero-order valence-corrected chi connectivity index (χ0v) is 19.8. The van der Waals surface area contributed by atoms with Crippen LogP contribution in [0.2, 0.25) is 0 Å². The number of carbonyl (C=O) groups is 1. The van der Waals surface area contributed by atoms with Crippen molar-refractivity contribution in [2.24, 2.45) is 0 Å². The van der Waals surface area contributed by atoms with Gasteiger partial charge in [0.2, 0.25) is 5.91 Å². The second-order valence-corrected chi connectivity index (χ2v) is 8.40. The second-order valence-electron chi connectivity index (χ2n) is 8.40. The van der Waals surface area contributed by atoms with E-state index >= 15 is 0 Å². The lowest BCUT2D eigenvalue weighted by atomic mass is 10.2. The van der Waals surface area contributed by atoms with E-state index in [1.165, 1.54) is 11.8 Å². The van der Waals surface area contributed by atoms with Crippen LogP contribution in [0.15, 0.2) is 23.3 Å². The van der Waals surface area contributed by atoms with Crippen LogP contribution >= 0.6 is 0 Å². The molecule has 0 radical (unpaired) electrons. The summed E-state index contributed by atoms with van der Waals surface area (Å²) in [6.45, 7) is 3.72. The molecule has 0 aromatic carbocycles. The first-order valence-corrected chi connectivity index (χ1v) is 11.1.